The lowest BCUT2D eigenvalue weighted by Crippen LogP contribution is -2.17. The number of methoxy groups -OCH3 is 2. The number of aromatic carboxylic acids is 2. The van der Waals surface area contributed by atoms with Gasteiger partial charge in [0.2, 0.25) is 0 Å². The highest BCUT2D eigenvalue weighted by molar-refractivity contribution is 9.10. The van der Waals surface area contributed by atoms with E-state index in [2.05, 4.69) is 30.1 Å². The average molecular weight is 809 g/mol. The molecule has 0 aliphatic heterocycles. The van der Waals surface area contributed by atoms with Crippen molar-refractivity contribution in [2.24, 2.45) is 0 Å². The van der Waals surface area contributed by atoms with Crippen LogP contribution in [0.4, 0.5) is 43.9 Å². The van der Waals surface area contributed by atoms with Gasteiger partial charge in [0.15, 0.2) is 46.3 Å². The fourth-order valence-corrected chi connectivity index (χ4v) is 3.92. The Labute approximate surface area is 287 Å². The zero-order valence-electron chi connectivity index (χ0n) is 25.1. The van der Waals surface area contributed by atoms with E-state index < -0.39 is 76.3 Å². The van der Waals surface area contributed by atoms with E-state index in [-0.39, 0.29) is 27.5 Å². The molecule has 0 aliphatic carbocycles. The predicted octanol–water partition coefficient (Wildman–Crippen LogP) is 9.09. The highest BCUT2D eigenvalue weighted by Gasteiger charge is 2.32. The summed E-state index contributed by atoms with van der Waals surface area (Å²) in [6, 6.07) is 9.20. The van der Waals surface area contributed by atoms with Crippen LogP contribution in [-0.2, 0) is 0 Å². The molecule has 0 atom stereocenters. The van der Waals surface area contributed by atoms with Gasteiger partial charge in [-0.3, -0.25) is 0 Å². The summed E-state index contributed by atoms with van der Waals surface area (Å²) in [5.74, 6) is -11.3. The molecule has 0 aromatic heterocycles. The topological polar surface area (TPSA) is 141 Å². The zero-order valence-corrected chi connectivity index (χ0v) is 26.7. The van der Waals surface area contributed by atoms with Gasteiger partial charge in [-0.15, -0.1) is 26.3 Å². The Kier molecular flexibility index (Phi) is 14.2. The summed E-state index contributed by atoms with van der Waals surface area (Å²) in [6.45, 7) is 0. The SMILES string of the molecule is COc1cc(OC(F)(F)F)ccc1O.COc1cc(OC(F)(F)F)ccc1Oc1ccc(F)c(F)c1C(=O)O.O=C(O)c1c(Br)ccc(F)c1F. The number of hydrogen-bond acceptors (Lipinski definition) is 8. The number of alkyl halides is 6. The highest BCUT2D eigenvalue weighted by atomic mass is 79.9. The van der Waals surface area contributed by atoms with Gasteiger partial charge in [-0.1, -0.05) is 0 Å². The Morgan fingerprint density at radius 3 is 1.49 bits per heavy atom. The first kappa shape index (κ1) is 41.6. The van der Waals surface area contributed by atoms with E-state index >= 15 is 0 Å². The van der Waals surface area contributed by atoms with Crippen LogP contribution in [0.15, 0.2) is 65.1 Å². The van der Waals surface area contributed by atoms with Gasteiger partial charge in [-0.25, -0.2) is 27.2 Å². The molecule has 0 radical (unpaired) electrons. The van der Waals surface area contributed by atoms with Crippen LogP contribution in [0.2, 0.25) is 0 Å². The van der Waals surface area contributed by atoms with E-state index in [1.807, 2.05) is 0 Å². The minimum Gasteiger partial charge on any atom is -0.504 e. The van der Waals surface area contributed by atoms with E-state index in [1.165, 1.54) is 7.11 Å². The average Bonchev–Trinajstić information content (AvgIpc) is 3.01. The Hall–Kier alpha value is -5.60. The van der Waals surface area contributed by atoms with Gasteiger partial charge in [0, 0.05) is 16.6 Å². The summed E-state index contributed by atoms with van der Waals surface area (Å²) in [5.41, 5.74) is -1.76. The first-order chi connectivity index (χ1) is 23.6. The lowest BCUT2D eigenvalue weighted by molar-refractivity contribution is -0.275. The van der Waals surface area contributed by atoms with Crippen molar-refractivity contribution in [1.29, 1.82) is 0 Å². The predicted molar refractivity (Wildman–Crippen MR) is 155 cm³/mol. The molecule has 0 bridgehead atoms. The lowest BCUT2D eigenvalue weighted by atomic mass is 10.2. The van der Waals surface area contributed by atoms with Crippen molar-refractivity contribution in [2.75, 3.05) is 14.2 Å². The number of rotatable bonds is 8. The molecule has 10 nitrogen and oxygen atoms in total. The molecule has 0 aliphatic rings. The molecule has 21 heteroatoms. The van der Waals surface area contributed by atoms with Crippen LogP contribution in [0, 0.1) is 23.3 Å². The maximum absolute atomic E-state index is 13.6. The van der Waals surface area contributed by atoms with Gasteiger partial charge < -0.3 is 39.0 Å². The van der Waals surface area contributed by atoms with Gasteiger partial charge in [0.05, 0.1) is 14.2 Å². The fourth-order valence-electron chi connectivity index (χ4n) is 3.44. The van der Waals surface area contributed by atoms with Crippen molar-refractivity contribution in [1.82, 2.24) is 0 Å². The molecule has 0 fully saturated rings. The Balaban J connectivity index is 0.000000292. The number of phenols is 1. The maximum Gasteiger partial charge on any atom is 0.573 e. The molecule has 0 spiro atoms. The molecular formula is C30H19BrF10O10. The third-order valence-electron chi connectivity index (χ3n) is 5.50. The molecule has 4 aromatic carbocycles. The third-order valence-corrected chi connectivity index (χ3v) is 6.16. The van der Waals surface area contributed by atoms with Gasteiger partial charge in [-0.05, 0) is 64.5 Å². The van der Waals surface area contributed by atoms with Crippen LogP contribution >= 0.6 is 15.9 Å². The van der Waals surface area contributed by atoms with Gasteiger partial charge in [0.1, 0.15) is 28.4 Å². The molecule has 0 heterocycles. The van der Waals surface area contributed by atoms with Crippen molar-refractivity contribution >= 4 is 27.9 Å². The second-order valence-corrected chi connectivity index (χ2v) is 9.76. The second kappa shape index (κ2) is 17.4. The number of carbonyl (C=O) groups is 2. The largest absolute Gasteiger partial charge is 0.573 e. The highest BCUT2D eigenvalue weighted by Crippen LogP contribution is 2.38. The number of hydrogen-bond donors (Lipinski definition) is 3. The standard InChI is InChI=1S/C15H9F5O5.C8H7F3O3.C7H3BrF2O2/c1-23-11-6-7(25-15(18,19)20)2-4-9(11)24-10-5-3-8(16)13(17)12(10)14(21)22;1-13-7-4-5(2-3-6(7)12)14-8(9,10)11;8-3-1-2-4(9)6(10)5(3)7(11)12/h2-6H,1H3,(H,21,22);2-4,12H,1H3;1-2H,(H,11,12). The van der Waals surface area contributed by atoms with Crippen LogP contribution in [0.25, 0.3) is 0 Å². The van der Waals surface area contributed by atoms with E-state index in [0.717, 1.165) is 61.7 Å². The summed E-state index contributed by atoms with van der Waals surface area (Å²) >= 11 is 2.79. The smallest absolute Gasteiger partial charge is 0.504 e. The second-order valence-electron chi connectivity index (χ2n) is 8.91. The number of benzene rings is 4. The number of phenolic OH excluding ortho intramolecular Hbond substituents is 1. The summed E-state index contributed by atoms with van der Waals surface area (Å²) in [4.78, 5) is 21.4. The Bertz CT molecular complexity index is 1870. The zero-order chi connectivity index (χ0) is 38.8. The van der Waals surface area contributed by atoms with Crippen molar-refractivity contribution in [3.05, 3.63) is 99.5 Å². The fraction of sp³-hybridized carbons (Fsp3) is 0.133. The number of halogens is 11. The van der Waals surface area contributed by atoms with Crippen molar-refractivity contribution < 1.29 is 92.5 Å². The summed E-state index contributed by atoms with van der Waals surface area (Å²) in [7, 11) is 2.34. The molecule has 4 rings (SSSR count). The minimum absolute atomic E-state index is 0.0221. The summed E-state index contributed by atoms with van der Waals surface area (Å²) in [6.07, 6.45) is -9.67. The molecule has 4 aromatic rings. The molecule has 0 amide bonds. The maximum atomic E-state index is 13.6. The minimum atomic E-state index is -4.93. The van der Waals surface area contributed by atoms with Crippen molar-refractivity contribution in [3.8, 4) is 40.2 Å². The molecule has 0 saturated carbocycles. The van der Waals surface area contributed by atoms with Gasteiger partial charge in [0.25, 0.3) is 0 Å². The van der Waals surface area contributed by atoms with Crippen LogP contribution in [0.5, 0.6) is 40.2 Å². The van der Waals surface area contributed by atoms with E-state index in [9.17, 15) is 53.5 Å². The summed E-state index contributed by atoms with van der Waals surface area (Å²) in [5, 5.41) is 26.5. The quantitative estimate of drug-likeness (QED) is 0.117. The van der Waals surface area contributed by atoms with Gasteiger partial charge in [-0.2, -0.15) is 0 Å². The molecular weight excluding hydrogens is 790 g/mol. The number of aromatic hydroxyl groups is 1. The number of carboxylic acids is 2. The number of carboxylic acid groups (broad SMARTS) is 2. The van der Waals surface area contributed by atoms with E-state index in [1.54, 1.807) is 0 Å². The van der Waals surface area contributed by atoms with Crippen LogP contribution in [0.1, 0.15) is 20.7 Å². The molecule has 0 unspecified atom stereocenters. The monoisotopic (exact) mass is 808 g/mol. The van der Waals surface area contributed by atoms with E-state index in [4.69, 9.17) is 24.8 Å². The van der Waals surface area contributed by atoms with Crippen molar-refractivity contribution in [3.63, 3.8) is 0 Å². The molecule has 51 heavy (non-hydrogen) atoms. The summed E-state index contributed by atoms with van der Waals surface area (Å²) < 4.78 is 146. The van der Waals surface area contributed by atoms with Crippen molar-refractivity contribution in [2.45, 2.75) is 12.7 Å². The first-order valence-corrected chi connectivity index (χ1v) is 13.7. The van der Waals surface area contributed by atoms with Crippen LogP contribution < -0.4 is 23.7 Å². The molecule has 0 saturated heterocycles. The van der Waals surface area contributed by atoms with E-state index in [0.29, 0.717) is 6.07 Å². The Morgan fingerprint density at radius 1 is 0.608 bits per heavy atom. The third kappa shape index (κ3) is 12.3. The Morgan fingerprint density at radius 2 is 1.04 bits per heavy atom. The lowest BCUT2D eigenvalue weighted by Gasteiger charge is -2.15. The first-order valence-electron chi connectivity index (χ1n) is 12.9. The van der Waals surface area contributed by atoms with Crippen LogP contribution in [-0.4, -0.2) is 54.2 Å². The normalized spacial score (nSPS) is 10.8. The van der Waals surface area contributed by atoms with Gasteiger partial charge >= 0.3 is 24.7 Å². The molecule has 3 N–H and O–H groups in total. The number of ether oxygens (including phenoxy) is 5. The molecule has 276 valence electrons. The van der Waals surface area contributed by atoms with Crippen LogP contribution in [0.3, 0.4) is 0 Å².